The SMILES string of the molecule is CC(C(=O)N(Cc1ccccc1F)C1CC1)S(N)(=O)=O. The van der Waals surface area contributed by atoms with Crippen LogP contribution in [0, 0.1) is 5.82 Å². The Bertz CT molecular complexity index is 614. The first-order valence-electron chi connectivity index (χ1n) is 6.36. The fraction of sp³-hybridized carbons (Fsp3) is 0.462. The van der Waals surface area contributed by atoms with Crippen molar-refractivity contribution in [3.05, 3.63) is 35.6 Å². The van der Waals surface area contributed by atoms with E-state index in [1.165, 1.54) is 17.9 Å². The van der Waals surface area contributed by atoms with Crippen LogP contribution in [-0.4, -0.2) is 30.5 Å². The van der Waals surface area contributed by atoms with Crippen LogP contribution >= 0.6 is 0 Å². The molecule has 1 aliphatic carbocycles. The Kier molecular flexibility index (Phi) is 4.10. The van der Waals surface area contributed by atoms with E-state index in [1.54, 1.807) is 18.2 Å². The Labute approximate surface area is 117 Å². The van der Waals surface area contributed by atoms with Gasteiger partial charge in [0.2, 0.25) is 15.9 Å². The van der Waals surface area contributed by atoms with Gasteiger partial charge >= 0.3 is 0 Å². The van der Waals surface area contributed by atoms with Crippen molar-refractivity contribution in [2.75, 3.05) is 0 Å². The van der Waals surface area contributed by atoms with E-state index in [-0.39, 0.29) is 12.6 Å². The van der Waals surface area contributed by atoms with E-state index in [0.29, 0.717) is 5.56 Å². The summed E-state index contributed by atoms with van der Waals surface area (Å²) >= 11 is 0. The molecule has 110 valence electrons. The van der Waals surface area contributed by atoms with Crippen LogP contribution in [0.4, 0.5) is 4.39 Å². The molecule has 2 rings (SSSR count). The van der Waals surface area contributed by atoms with Crippen LogP contribution in [0.2, 0.25) is 0 Å². The summed E-state index contributed by atoms with van der Waals surface area (Å²) < 4.78 is 36.2. The Balaban J connectivity index is 2.20. The van der Waals surface area contributed by atoms with Crippen LogP contribution in [0.5, 0.6) is 0 Å². The predicted octanol–water partition coefficient (Wildman–Crippen LogP) is 0.994. The Morgan fingerprint density at radius 3 is 2.55 bits per heavy atom. The first-order chi connectivity index (χ1) is 9.30. The fourth-order valence-electron chi connectivity index (χ4n) is 1.96. The molecule has 1 amide bonds. The van der Waals surface area contributed by atoms with Gasteiger partial charge in [-0.1, -0.05) is 18.2 Å². The molecule has 1 fully saturated rings. The Morgan fingerprint density at radius 2 is 2.05 bits per heavy atom. The maximum atomic E-state index is 13.7. The van der Waals surface area contributed by atoms with Crippen LogP contribution in [0.3, 0.4) is 0 Å². The lowest BCUT2D eigenvalue weighted by Crippen LogP contribution is -2.44. The number of rotatable bonds is 5. The highest BCUT2D eigenvalue weighted by atomic mass is 32.2. The third-order valence-electron chi connectivity index (χ3n) is 3.41. The molecule has 0 saturated heterocycles. The molecule has 1 atom stereocenters. The van der Waals surface area contributed by atoms with Crippen molar-refractivity contribution < 1.29 is 17.6 Å². The lowest BCUT2D eigenvalue weighted by molar-refractivity contribution is -0.131. The van der Waals surface area contributed by atoms with Crippen molar-refractivity contribution in [1.82, 2.24) is 4.90 Å². The minimum Gasteiger partial charge on any atom is -0.334 e. The average Bonchev–Trinajstić information content (AvgIpc) is 3.19. The van der Waals surface area contributed by atoms with Crippen molar-refractivity contribution in [2.45, 2.75) is 37.6 Å². The average molecular weight is 300 g/mol. The summed E-state index contributed by atoms with van der Waals surface area (Å²) in [7, 11) is -3.94. The second kappa shape index (κ2) is 5.49. The van der Waals surface area contributed by atoms with Crippen molar-refractivity contribution in [2.24, 2.45) is 5.14 Å². The van der Waals surface area contributed by atoms with Crippen LogP contribution in [-0.2, 0) is 21.4 Å². The molecule has 1 saturated carbocycles. The van der Waals surface area contributed by atoms with Gasteiger partial charge in [-0.15, -0.1) is 0 Å². The second-order valence-corrected chi connectivity index (χ2v) is 6.91. The molecule has 0 radical (unpaired) electrons. The Morgan fingerprint density at radius 1 is 1.45 bits per heavy atom. The number of halogens is 1. The molecule has 7 heteroatoms. The van der Waals surface area contributed by atoms with Crippen molar-refractivity contribution in [1.29, 1.82) is 0 Å². The molecular weight excluding hydrogens is 283 g/mol. The van der Waals surface area contributed by atoms with Gasteiger partial charge in [0.1, 0.15) is 5.82 Å². The molecule has 5 nitrogen and oxygen atoms in total. The van der Waals surface area contributed by atoms with Crippen LogP contribution in [0.15, 0.2) is 24.3 Å². The summed E-state index contributed by atoms with van der Waals surface area (Å²) in [6, 6.07) is 6.12. The van der Waals surface area contributed by atoms with Crippen molar-refractivity contribution in [3.63, 3.8) is 0 Å². The topological polar surface area (TPSA) is 80.5 Å². The monoisotopic (exact) mass is 300 g/mol. The maximum absolute atomic E-state index is 13.7. The molecule has 20 heavy (non-hydrogen) atoms. The summed E-state index contributed by atoms with van der Waals surface area (Å²) in [5.74, 6) is -0.979. The van der Waals surface area contributed by atoms with Gasteiger partial charge in [0.05, 0.1) is 0 Å². The van der Waals surface area contributed by atoms with Gasteiger partial charge in [-0.05, 0) is 25.8 Å². The number of benzene rings is 1. The second-order valence-electron chi connectivity index (χ2n) is 5.02. The maximum Gasteiger partial charge on any atom is 0.242 e. The number of amides is 1. The molecule has 0 heterocycles. The lowest BCUT2D eigenvalue weighted by atomic mass is 10.2. The van der Waals surface area contributed by atoms with Crippen molar-refractivity contribution in [3.8, 4) is 0 Å². The zero-order chi connectivity index (χ0) is 14.9. The predicted molar refractivity (Wildman–Crippen MR) is 72.5 cm³/mol. The first-order valence-corrected chi connectivity index (χ1v) is 7.97. The number of hydrogen-bond acceptors (Lipinski definition) is 3. The van der Waals surface area contributed by atoms with E-state index >= 15 is 0 Å². The molecule has 1 aliphatic rings. The zero-order valence-electron chi connectivity index (χ0n) is 11.1. The van der Waals surface area contributed by atoms with E-state index < -0.39 is 27.0 Å². The highest BCUT2D eigenvalue weighted by Crippen LogP contribution is 2.29. The molecular formula is C13H17FN2O3S. The smallest absolute Gasteiger partial charge is 0.242 e. The minimum atomic E-state index is -3.94. The van der Waals surface area contributed by atoms with Gasteiger partial charge in [0.25, 0.3) is 0 Å². The molecule has 0 bridgehead atoms. The number of nitrogens with zero attached hydrogens (tertiary/aromatic N) is 1. The quantitative estimate of drug-likeness (QED) is 0.880. The normalized spacial score (nSPS) is 16.8. The van der Waals surface area contributed by atoms with Gasteiger partial charge in [-0.25, -0.2) is 17.9 Å². The summed E-state index contributed by atoms with van der Waals surface area (Å²) in [4.78, 5) is 13.6. The molecule has 0 aliphatic heterocycles. The standard InChI is InChI=1S/C13H17FN2O3S/c1-9(20(15,18)19)13(17)16(11-6-7-11)8-10-4-2-3-5-12(10)14/h2-5,9,11H,6-8H2,1H3,(H2,15,18,19). The lowest BCUT2D eigenvalue weighted by Gasteiger charge is -2.25. The van der Waals surface area contributed by atoms with E-state index in [2.05, 4.69) is 0 Å². The van der Waals surface area contributed by atoms with Gasteiger partial charge < -0.3 is 4.90 Å². The van der Waals surface area contributed by atoms with Crippen LogP contribution in [0.25, 0.3) is 0 Å². The number of carbonyl (C=O) groups is 1. The Hall–Kier alpha value is -1.47. The van der Waals surface area contributed by atoms with Gasteiger partial charge in [0.15, 0.2) is 5.25 Å². The number of hydrogen-bond donors (Lipinski definition) is 1. The summed E-state index contributed by atoms with van der Waals surface area (Å²) in [6.45, 7) is 1.32. The number of primary sulfonamides is 1. The van der Waals surface area contributed by atoms with Gasteiger partial charge in [0, 0.05) is 18.2 Å². The van der Waals surface area contributed by atoms with E-state index in [0.717, 1.165) is 12.8 Å². The molecule has 1 aromatic carbocycles. The largest absolute Gasteiger partial charge is 0.334 e. The van der Waals surface area contributed by atoms with Gasteiger partial charge in [-0.3, -0.25) is 4.79 Å². The van der Waals surface area contributed by atoms with Crippen LogP contribution < -0.4 is 5.14 Å². The molecule has 2 N–H and O–H groups in total. The van der Waals surface area contributed by atoms with E-state index in [9.17, 15) is 17.6 Å². The minimum absolute atomic E-state index is 0.0219. The number of nitrogens with two attached hydrogens (primary N) is 1. The van der Waals surface area contributed by atoms with E-state index in [1.807, 2.05) is 0 Å². The highest BCUT2D eigenvalue weighted by Gasteiger charge is 2.38. The van der Waals surface area contributed by atoms with Gasteiger partial charge in [-0.2, -0.15) is 0 Å². The summed E-state index contributed by atoms with van der Waals surface area (Å²) in [6.07, 6.45) is 1.61. The third kappa shape index (κ3) is 3.34. The number of carbonyl (C=O) groups excluding carboxylic acids is 1. The zero-order valence-corrected chi connectivity index (χ0v) is 11.9. The molecule has 1 unspecified atom stereocenters. The molecule has 1 aromatic rings. The fourth-order valence-corrected chi connectivity index (χ4v) is 2.37. The van der Waals surface area contributed by atoms with E-state index in [4.69, 9.17) is 5.14 Å². The molecule has 0 spiro atoms. The summed E-state index contributed by atoms with van der Waals surface area (Å²) in [5.41, 5.74) is 0.370. The summed E-state index contributed by atoms with van der Waals surface area (Å²) in [5, 5.41) is 3.70. The molecule has 0 aromatic heterocycles. The third-order valence-corrected chi connectivity index (χ3v) is 4.60. The van der Waals surface area contributed by atoms with Crippen molar-refractivity contribution >= 4 is 15.9 Å². The highest BCUT2D eigenvalue weighted by molar-refractivity contribution is 7.90. The first kappa shape index (κ1) is 14.9. The number of sulfonamides is 1. The van der Waals surface area contributed by atoms with Crippen LogP contribution in [0.1, 0.15) is 25.3 Å².